The number of hydrogen-bond donors (Lipinski definition) is 0. The molecule has 0 bridgehead atoms. The third-order valence-corrected chi connectivity index (χ3v) is 2.14. The molecule has 1 aromatic carbocycles. The first-order chi connectivity index (χ1) is 6.83. The predicted octanol–water partition coefficient (Wildman–Crippen LogP) is 3.84. The maximum absolute atomic E-state index is 13.4. The van der Waals surface area contributed by atoms with E-state index < -0.39 is 11.5 Å². The van der Waals surface area contributed by atoms with E-state index in [4.69, 9.17) is 0 Å². The van der Waals surface area contributed by atoms with Crippen molar-refractivity contribution in [2.75, 3.05) is 0 Å². The summed E-state index contributed by atoms with van der Waals surface area (Å²) in [6.07, 6.45) is -3.11. The Bertz CT molecular complexity index is 301. The summed E-state index contributed by atoms with van der Waals surface area (Å²) in [6.45, 7) is 4.30. The fraction of sp³-hybridized carbons (Fsp3) is 0.500. The molecule has 3 heteroatoms. The lowest BCUT2D eigenvalue weighted by Gasteiger charge is -2.29. The van der Waals surface area contributed by atoms with Crippen molar-refractivity contribution in [2.24, 2.45) is 5.41 Å². The molecule has 0 unspecified atom stereocenters. The summed E-state index contributed by atoms with van der Waals surface area (Å²) in [6, 6.07) is 8.96. The monoisotopic (exact) mass is 214 g/mol. The first-order valence-electron chi connectivity index (χ1n) is 4.89. The van der Waals surface area contributed by atoms with E-state index >= 15 is 0 Å². The van der Waals surface area contributed by atoms with E-state index in [0.29, 0.717) is 0 Å². The van der Waals surface area contributed by atoms with E-state index in [-0.39, 0.29) is 6.61 Å². The van der Waals surface area contributed by atoms with Crippen LogP contribution in [0.25, 0.3) is 0 Å². The molecule has 0 atom stereocenters. The molecule has 1 rings (SSSR count). The normalized spacial score (nSPS) is 12.9. The van der Waals surface area contributed by atoms with E-state index in [1.165, 1.54) is 20.8 Å². The van der Waals surface area contributed by atoms with Gasteiger partial charge < -0.3 is 4.74 Å². The van der Waals surface area contributed by atoms with Gasteiger partial charge in [0, 0.05) is 0 Å². The maximum atomic E-state index is 13.4. The second-order valence-corrected chi connectivity index (χ2v) is 4.54. The molecule has 0 N–H and O–H groups in total. The summed E-state index contributed by atoms with van der Waals surface area (Å²) in [5.74, 6) is 0. The molecule has 15 heavy (non-hydrogen) atoms. The molecule has 0 saturated carbocycles. The molecule has 0 aliphatic rings. The Morgan fingerprint density at radius 3 is 2.07 bits per heavy atom. The zero-order valence-electron chi connectivity index (χ0n) is 9.26. The fourth-order valence-corrected chi connectivity index (χ4v) is 0.965. The van der Waals surface area contributed by atoms with Gasteiger partial charge in [-0.05, 0) is 5.56 Å². The number of alkyl halides is 2. The zero-order valence-corrected chi connectivity index (χ0v) is 9.26. The van der Waals surface area contributed by atoms with Gasteiger partial charge in [0.25, 0.3) is 0 Å². The van der Waals surface area contributed by atoms with Crippen LogP contribution in [0, 0.1) is 5.41 Å². The Kier molecular flexibility index (Phi) is 3.45. The molecule has 0 radical (unpaired) electrons. The van der Waals surface area contributed by atoms with Gasteiger partial charge in [0.05, 0.1) is 12.0 Å². The Morgan fingerprint density at radius 2 is 1.60 bits per heavy atom. The van der Waals surface area contributed by atoms with Crippen LogP contribution in [-0.2, 0) is 11.3 Å². The van der Waals surface area contributed by atoms with Crippen LogP contribution in [0.4, 0.5) is 8.78 Å². The molecular weight excluding hydrogens is 198 g/mol. The van der Waals surface area contributed by atoms with Crippen molar-refractivity contribution in [3.05, 3.63) is 35.9 Å². The molecule has 0 fully saturated rings. The molecule has 0 heterocycles. The zero-order chi connectivity index (χ0) is 11.5. The highest BCUT2D eigenvalue weighted by atomic mass is 19.3. The van der Waals surface area contributed by atoms with Gasteiger partial charge in [-0.25, -0.2) is 0 Å². The van der Waals surface area contributed by atoms with Crippen molar-refractivity contribution in [2.45, 2.75) is 33.5 Å². The Labute approximate surface area is 89.1 Å². The Hall–Kier alpha value is -0.960. The van der Waals surface area contributed by atoms with Crippen LogP contribution in [0.3, 0.4) is 0 Å². The van der Waals surface area contributed by atoms with Crippen LogP contribution in [0.5, 0.6) is 0 Å². The van der Waals surface area contributed by atoms with Crippen LogP contribution in [0.15, 0.2) is 30.3 Å². The smallest absolute Gasteiger partial charge is 0.315 e. The molecule has 0 spiro atoms. The van der Waals surface area contributed by atoms with E-state index in [2.05, 4.69) is 4.74 Å². The highest BCUT2D eigenvalue weighted by Gasteiger charge is 2.44. The van der Waals surface area contributed by atoms with Crippen molar-refractivity contribution in [3.8, 4) is 0 Å². The Morgan fingerprint density at radius 1 is 1.07 bits per heavy atom. The van der Waals surface area contributed by atoms with E-state index in [1.807, 2.05) is 6.07 Å². The minimum atomic E-state index is -3.11. The second-order valence-electron chi connectivity index (χ2n) is 4.54. The van der Waals surface area contributed by atoms with Crippen LogP contribution < -0.4 is 0 Å². The van der Waals surface area contributed by atoms with Crippen LogP contribution in [-0.4, -0.2) is 6.11 Å². The van der Waals surface area contributed by atoms with Gasteiger partial charge >= 0.3 is 6.11 Å². The standard InChI is InChI=1S/C12H16F2O/c1-11(2,3)12(13,14)15-9-10-7-5-4-6-8-10/h4-8H,9H2,1-3H3. The fourth-order valence-electron chi connectivity index (χ4n) is 0.965. The third kappa shape index (κ3) is 3.27. The SMILES string of the molecule is CC(C)(C)C(F)(F)OCc1ccccc1. The van der Waals surface area contributed by atoms with Crippen molar-refractivity contribution >= 4 is 0 Å². The van der Waals surface area contributed by atoms with Gasteiger partial charge in [0.1, 0.15) is 0 Å². The first kappa shape index (κ1) is 12.1. The van der Waals surface area contributed by atoms with E-state index in [9.17, 15) is 8.78 Å². The van der Waals surface area contributed by atoms with Crippen LogP contribution in [0.1, 0.15) is 26.3 Å². The summed E-state index contributed by atoms with van der Waals surface area (Å²) >= 11 is 0. The molecular formula is C12H16F2O. The summed E-state index contributed by atoms with van der Waals surface area (Å²) < 4.78 is 31.4. The summed E-state index contributed by atoms with van der Waals surface area (Å²) in [5.41, 5.74) is -0.427. The summed E-state index contributed by atoms with van der Waals surface area (Å²) in [4.78, 5) is 0. The number of benzene rings is 1. The molecule has 1 nitrogen and oxygen atoms in total. The second kappa shape index (κ2) is 4.27. The highest BCUT2D eigenvalue weighted by molar-refractivity contribution is 5.13. The predicted molar refractivity (Wildman–Crippen MR) is 55.6 cm³/mol. The number of hydrogen-bond acceptors (Lipinski definition) is 1. The largest absolute Gasteiger partial charge is 0.360 e. The quantitative estimate of drug-likeness (QED) is 0.742. The molecule has 0 aliphatic carbocycles. The lowest BCUT2D eigenvalue weighted by atomic mass is 9.95. The van der Waals surface area contributed by atoms with Gasteiger partial charge in [-0.3, -0.25) is 0 Å². The lowest BCUT2D eigenvalue weighted by molar-refractivity contribution is -0.300. The molecule has 84 valence electrons. The van der Waals surface area contributed by atoms with Crippen LogP contribution >= 0.6 is 0 Å². The van der Waals surface area contributed by atoms with Gasteiger partial charge in [-0.15, -0.1) is 0 Å². The van der Waals surface area contributed by atoms with Crippen molar-refractivity contribution in [3.63, 3.8) is 0 Å². The van der Waals surface area contributed by atoms with Crippen molar-refractivity contribution in [1.29, 1.82) is 0 Å². The van der Waals surface area contributed by atoms with Crippen LogP contribution in [0.2, 0.25) is 0 Å². The maximum Gasteiger partial charge on any atom is 0.360 e. The van der Waals surface area contributed by atoms with E-state index in [0.717, 1.165) is 5.56 Å². The third-order valence-electron chi connectivity index (χ3n) is 2.14. The van der Waals surface area contributed by atoms with Crippen molar-refractivity contribution in [1.82, 2.24) is 0 Å². The summed E-state index contributed by atoms with van der Waals surface area (Å²) in [5, 5.41) is 0. The van der Waals surface area contributed by atoms with Gasteiger partial charge in [0.15, 0.2) is 0 Å². The minimum absolute atomic E-state index is 0.0644. The van der Waals surface area contributed by atoms with Gasteiger partial charge in [0.2, 0.25) is 0 Å². The average Bonchev–Trinajstić information content (AvgIpc) is 2.15. The number of halogens is 2. The van der Waals surface area contributed by atoms with Crippen molar-refractivity contribution < 1.29 is 13.5 Å². The number of rotatable bonds is 3. The van der Waals surface area contributed by atoms with E-state index in [1.54, 1.807) is 24.3 Å². The number of ether oxygens (including phenoxy) is 1. The Balaban J connectivity index is 2.58. The summed E-state index contributed by atoms with van der Waals surface area (Å²) in [7, 11) is 0. The molecule has 0 aliphatic heterocycles. The highest BCUT2D eigenvalue weighted by Crippen LogP contribution is 2.37. The average molecular weight is 214 g/mol. The minimum Gasteiger partial charge on any atom is -0.315 e. The first-order valence-corrected chi connectivity index (χ1v) is 4.89. The molecule has 0 amide bonds. The molecule has 0 aromatic heterocycles. The lowest BCUT2D eigenvalue weighted by Crippen LogP contribution is -2.36. The molecule has 1 aromatic rings. The van der Waals surface area contributed by atoms with Gasteiger partial charge in [-0.2, -0.15) is 8.78 Å². The topological polar surface area (TPSA) is 9.23 Å². The molecule has 0 saturated heterocycles. The van der Waals surface area contributed by atoms with Gasteiger partial charge in [-0.1, -0.05) is 51.1 Å².